The molecule has 0 radical (unpaired) electrons. The fraction of sp³-hybridized carbons (Fsp3) is 0.800. The minimum Gasteiger partial charge on any atom is -0.324 e. The van der Waals surface area contributed by atoms with Crippen molar-refractivity contribution in [3.8, 4) is 0 Å². The first-order chi connectivity index (χ1) is 15.5. The van der Waals surface area contributed by atoms with Crippen LogP contribution in [0.5, 0.6) is 0 Å². The first-order valence-electron chi connectivity index (χ1n) is 14.3. The Morgan fingerprint density at radius 3 is 0.969 bits per heavy atom. The normalized spacial score (nSPS) is 12.4. The molecule has 0 fully saturated rings. The Balaban J connectivity index is 2.15. The minimum absolute atomic E-state index is 1.25. The second-order valence-electron chi connectivity index (χ2n) is 10.2. The lowest BCUT2D eigenvalue weighted by Gasteiger charge is -2.35. The SMILES string of the molecule is CC[N+](CC)(CC)CCCCCCc1ccc(CCCCCC[N+](CC)(CC)CC)cc1. The summed E-state index contributed by atoms with van der Waals surface area (Å²) in [4.78, 5) is 0. The van der Waals surface area contributed by atoms with Crippen molar-refractivity contribution in [1.29, 1.82) is 0 Å². The molecule has 2 nitrogen and oxygen atoms in total. The summed E-state index contributed by atoms with van der Waals surface area (Å²) in [6, 6.07) is 9.55. The van der Waals surface area contributed by atoms with Crippen LogP contribution in [0.3, 0.4) is 0 Å². The molecular weight excluding hydrogens is 388 g/mol. The molecule has 1 aromatic rings. The van der Waals surface area contributed by atoms with E-state index in [1.807, 2.05) is 0 Å². The summed E-state index contributed by atoms with van der Waals surface area (Å²) in [7, 11) is 0. The van der Waals surface area contributed by atoms with Gasteiger partial charge in [0.25, 0.3) is 0 Å². The van der Waals surface area contributed by atoms with E-state index in [2.05, 4.69) is 65.8 Å². The zero-order chi connectivity index (χ0) is 23.7. The number of benzene rings is 1. The van der Waals surface area contributed by atoms with E-state index < -0.39 is 0 Å². The van der Waals surface area contributed by atoms with Crippen molar-refractivity contribution in [2.75, 3.05) is 52.4 Å². The molecule has 1 rings (SSSR count). The number of quaternary nitrogens is 2. The van der Waals surface area contributed by atoms with E-state index in [4.69, 9.17) is 0 Å². The van der Waals surface area contributed by atoms with Crippen LogP contribution in [0.2, 0.25) is 0 Å². The van der Waals surface area contributed by atoms with Gasteiger partial charge in [-0.05, 0) is 104 Å². The van der Waals surface area contributed by atoms with E-state index in [0.29, 0.717) is 0 Å². The fourth-order valence-corrected chi connectivity index (χ4v) is 5.42. The first-order valence-corrected chi connectivity index (χ1v) is 14.3. The Hall–Kier alpha value is -0.860. The second-order valence-corrected chi connectivity index (χ2v) is 10.2. The predicted octanol–water partition coefficient (Wildman–Crippen LogP) is 7.65. The van der Waals surface area contributed by atoms with Gasteiger partial charge in [0, 0.05) is 0 Å². The standard InChI is InChI=1S/C30H58N2/c1-7-31(8-2,9-3)27-19-15-13-17-21-29-23-25-30(26-24-29)22-18-14-16-20-28-32(10-4,11-5)12-6/h23-26H,7-22,27-28H2,1-6H3/q+2. The molecule has 0 bridgehead atoms. The Labute approximate surface area is 202 Å². The van der Waals surface area contributed by atoms with E-state index in [1.165, 1.54) is 137 Å². The van der Waals surface area contributed by atoms with E-state index in [-0.39, 0.29) is 0 Å². The van der Waals surface area contributed by atoms with Crippen molar-refractivity contribution in [3.05, 3.63) is 35.4 Å². The number of hydrogen-bond donors (Lipinski definition) is 0. The molecule has 186 valence electrons. The van der Waals surface area contributed by atoms with E-state index in [9.17, 15) is 0 Å². The quantitative estimate of drug-likeness (QED) is 0.142. The van der Waals surface area contributed by atoms with Gasteiger partial charge in [-0.2, -0.15) is 0 Å². The highest BCUT2D eigenvalue weighted by molar-refractivity contribution is 5.22. The molecule has 0 saturated heterocycles. The molecule has 0 aliphatic heterocycles. The molecule has 0 heterocycles. The van der Waals surface area contributed by atoms with Gasteiger partial charge in [-0.25, -0.2) is 0 Å². The van der Waals surface area contributed by atoms with Gasteiger partial charge in [-0.3, -0.25) is 0 Å². The van der Waals surface area contributed by atoms with Gasteiger partial charge in [-0.1, -0.05) is 37.1 Å². The van der Waals surface area contributed by atoms with Crippen LogP contribution in [-0.2, 0) is 12.8 Å². The van der Waals surface area contributed by atoms with Gasteiger partial charge in [0.2, 0.25) is 0 Å². The van der Waals surface area contributed by atoms with Gasteiger partial charge in [-0.15, -0.1) is 0 Å². The Kier molecular flexibility index (Phi) is 15.2. The molecule has 1 aromatic carbocycles. The maximum atomic E-state index is 2.39. The summed E-state index contributed by atoms with van der Waals surface area (Å²) < 4.78 is 2.61. The molecule has 32 heavy (non-hydrogen) atoms. The summed E-state index contributed by atoms with van der Waals surface area (Å²) in [6.07, 6.45) is 13.5. The third-order valence-corrected chi connectivity index (χ3v) is 8.74. The van der Waals surface area contributed by atoms with Gasteiger partial charge in [0.15, 0.2) is 0 Å². The minimum atomic E-state index is 1.25. The van der Waals surface area contributed by atoms with Crippen LogP contribution in [-0.4, -0.2) is 61.3 Å². The summed E-state index contributed by atoms with van der Waals surface area (Å²) >= 11 is 0. The van der Waals surface area contributed by atoms with Crippen LogP contribution >= 0.6 is 0 Å². The lowest BCUT2D eigenvalue weighted by atomic mass is 10.0. The smallest absolute Gasteiger partial charge is 0.0786 e. The molecule has 0 aliphatic carbocycles. The van der Waals surface area contributed by atoms with Crippen molar-refractivity contribution >= 4 is 0 Å². The molecule has 0 unspecified atom stereocenters. The molecule has 0 aromatic heterocycles. The lowest BCUT2D eigenvalue weighted by Crippen LogP contribution is -2.48. The largest absolute Gasteiger partial charge is 0.324 e. The topological polar surface area (TPSA) is 0 Å². The number of aryl methyl sites for hydroxylation is 2. The molecular formula is C30H58N2+2. The highest BCUT2D eigenvalue weighted by Gasteiger charge is 2.20. The van der Waals surface area contributed by atoms with Crippen molar-refractivity contribution < 1.29 is 8.97 Å². The van der Waals surface area contributed by atoms with E-state index in [0.717, 1.165) is 0 Å². The maximum absolute atomic E-state index is 2.39. The monoisotopic (exact) mass is 446 g/mol. The molecule has 0 spiro atoms. The third kappa shape index (κ3) is 10.4. The van der Waals surface area contributed by atoms with Crippen molar-refractivity contribution in [2.45, 2.75) is 106 Å². The number of nitrogens with zero attached hydrogens (tertiary/aromatic N) is 2. The van der Waals surface area contributed by atoms with Crippen molar-refractivity contribution in [1.82, 2.24) is 0 Å². The number of rotatable bonds is 20. The zero-order valence-electron chi connectivity index (χ0n) is 22.9. The molecule has 0 amide bonds. The highest BCUT2D eigenvalue weighted by atomic mass is 15.3. The van der Waals surface area contributed by atoms with Gasteiger partial charge in [0.1, 0.15) is 0 Å². The van der Waals surface area contributed by atoms with Gasteiger partial charge in [0.05, 0.1) is 52.4 Å². The van der Waals surface area contributed by atoms with Crippen LogP contribution in [0.25, 0.3) is 0 Å². The van der Waals surface area contributed by atoms with Crippen LogP contribution in [0.1, 0.15) is 104 Å². The second kappa shape index (κ2) is 16.7. The predicted molar refractivity (Wildman–Crippen MR) is 144 cm³/mol. The maximum Gasteiger partial charge on any atom is 0.0786 e. The average Bonchev–Trinajstić information content (AvgIpc) is 2.85. The lowest BCUT2D eigenvalue weighted by molar-refractivity contribution is -0.923. The molecule has 0 atom stereocenters. The summed E-state index contributed by atoms with van der Waals surface area (Å²) in [5.74, 6) is 0. The Morgan fingerprint density at radius 1 is 0.406 bits per heavy atom. The van der Waals surface area contributed by atoms with Crippen molar-refractivity contribution in [3.63, 3.8) is 0 Å². The molecule has 0 N–H and O–H groups in total. The van der Waals surface area contributed by atoms with E-state index in [1.54, 1.807) is 0 Å². The number of hydrogen-bond acceptors (Lipinski definition) is 0. The highest BCUT2D eigenvalue weighted by Crippen LogP contribution is 2.15. The number of unbranched alkanes of at least 4 members (excludes halogenated alkanes) is 6. The summed E-state index contributed by atoms with van der Waals surface area (Å²) in [5, 5.41) is 0. The Bertz CT molecular complexity index is 487. The van der Waals surface area contributed by atoms with Crippen molar-refractivity contribution in [2.24, 2.45) is 0 Å². The fourth-order valence-electron chi connectivity index (χ4n) is 5.42. The van der Waals surface area contributed by atoms with Crippen LogP contribution < -0.4 is 0 Å². The Morgan fingerprint density at radius 2 is 0.688 bits per heavy atom. The van der Waals surface area contributed by atoms with Gasteiger partial charge >= 0.3 is 0 Å². The molecule has 0 aliphatic rings. The molecule has 2 heteroatoms. The zero-order valence-corrected chi connectivity index (χ0v) is 22.9. The van der Waals surface area contributed by atoms with E-state index >= 15 is 0 Å². The van der Waals surface area contributed by atoms with Crippen LogP contribution in [0, 0.1) is 0 Å². The average molecular weight is 447 g/mol. The summed E-state index contributed by atoms with van der Waals surface area (Å²) in [5.41, 5.74) is 3.06. The van der Waals surface area contributed by atoms with Crippen LogP contribution in [0.4, 0.5) is 0 Å². The first kappa shape index (κ1) is 29.2. The summed E-state index contributed by atoms with van der Waals surface area (Å²) in [6.45, 7) is 24.6. The third-order valence-electron chi connectivity index (χ3n) is 8.74. The van der Waals surface area contributed by atoms with Crippen LogP contribution in [0.15, 0.2) is 24.3 Å². The molecule has 0 saturated carbocycles. The van der Waals surface area contributed by atoms with Gasteiger partial charge < -0.3 is 8.97 Å².